The smallest absolute Gasteiger partial charge is 0.254 e. The zero-order chi connectivity index (χ0) is 19.1. The van der Waals surface area contributed by atoms with E-state index in [4.69, 9.17) is 4.74 Å². The van der Waals surface area contributed by atoms with Gasteiger partial charge in [-0.3, -0.25) is 9.59 Å². The highest BCUT2D eigenvalue weighted by molar-refractivity contribution is 5.95. The van der Waals surface area contributed by atoms with Crippen molar-refractivity contribution in [3.05, 3.63) is 54.2 Å². The Balaban J connectivity index is 1.44. The maximum Gasteiger partial charge on any atom is 0.254 e. The number of carbonyl (C=O) groups excluding carboxylic acids is 2. The minimum absolute atomic E-state index is 0.0150. The highest BCUT2D eigenvalue weighted by Gasteiger charge is 2.31. The maximum atomic E-state index is 12.6. The molecule has 1 aromatic carbocycles. The number of carbonyl (C=O) groups is 2. The molecule has 0 spiro atoms. The first kappa shape index (κ1) is 18.7. The van der Waals surface area contributed by atoms with E-state index in [1.807, 2.05) is 18.2 Å². The van der Waals surface area contributed by atoms with Gasteiger partial charge in [0.25, 0.3) is 5.91 Å². The van der Waals surface area contributed by atoms with Gasteiger partial charge in [-0.1, -0.05) is 12.1 Å². The number of rotatable bonds is 7. The monoisotopic (exact) mass is 368 g/mol. The second-order valence-corrected chi connectivity index (χ2v) is 6.40. The Morgan fingerprint density at radius 1 is 1.22 bits per heavy atom. The number of benzene rings is 1. The van der Waals surface area contributed by atoms with Crippen LogP contribution in [0, 0.1) is 5.92 Å². The molecule has 1 aliphatic rings. The summed E-state index contributed by atoms with van der Waals surface area (Å²) in [4.78, 5) is 30.9. The van der Waals surface area contributed by atoms with Crippen molar-refractivity contribution in [2.24, 2.45) is 5.92 Å². The van der Waals surface area contributed by atoms with E-state index in [0.717, 1.165) is 5.82 Å². The van der Waals surface area contributed by atoms with Gasteiger partial charge in [0.1, 0.15) is 11.6 Å². The van der Waals surface area contributed by atoms with Crippen molar-refractivity contribution in [2.45, 2.75) is 6.42 Å². The number of nitrogens with zero attached hydrogens (tertiary/aromatic N) is 2. The first-order valence-corrected chi connectivity index (χ1v) is 9.03. The van der Waals surface area contributed by atoms with Crippen LogP contribution in [0.4, 0.5) is 5.82 Å². The van der Waals surface area contributed by atoms with Gasteiger partial charge in [-0.25, -0.2) is 4.98 Å². The van der Waals surface area contributed by atoms with E-state index >= 15 is 0 Å². The van der Waals surface area contributed by atoms with Crippen LogP contribution in [-0.2, 0) is 4.79 Å². The van der Waals surface area contributed by atoms with Gasteiger partial charge in [-0.05, 0) is 36.8 Å². The fourth-order valence-electron chi connectivity index (χ4n) is 3.09. The van der Waals surface area contributed by atoms with Crippen molar-refractivity contribution in [3.8, 4) is 5.75 Å². The molecule has 3 rings (SSSR count). The van der Waals surface area contributed by atoms with Crippen LogP contribution in [0.15, 0.2) is 48.7 Å². The molecule has 142 valence electrons. The lowest BCUT2D eigenvalue weighted by atomic mass is 10.1. The molecule has 1 saturated heterocycles. The normalized spacial score (nSPS) is 16.0. The van der Waals surface area contributed by atoms with Crippen molar-refractivity contribution >= 4 is 17.6 Å². The van der Waals surface area contributed by atoms with Crippen molar-refractivity contribution in [2.75, 3.05) is 38.6 Å². The predicted octanol–water partition coefficient (Wildman–Crippen LogP) is 1.78. The van der Waals surface area contributed by atoms with Crippen molar-refractivity contribution in [1.29, 1.82) is 0 Å². The summed E-state index contributed by atoms with van der Waals surface area (Å²) in [6.45, 7) is 2.13. The Bertz CT molecular complexity index is 782. The molecule has 0 aliphatic carbocycles. The van der Waals surface area contributed by atoms with E-state index in [0.29, 0.717) is 43.9 Å². The summed E-state index contributed by atoms with van der Waals surface area (Å²) in [6.07, 6.45) is 2.39. The number of anilines is 1. The number of aromatic nitrogens is 1. The van der Waals surface area contributed by atoms with Crippen LogP contribution in [-0.4, -0.2) is 55.0 Å². The van der Waals surface area contributed by atoms with Gasteiger partial charge in [-0.2, -0.15) is 0 Å². The molecule has 1 atom stereocenters. The average Bonchev–Trinajstić information content (AvgIpc) is 3.21. The van der Waals surface area contributed by atoms with Gasteiger partial charge in [-0.15, -0.1) is 0 Å². The molecule has 27 heavy (non-hydrogen) atoms. The van der Waals surface area contributed by atoms with Crippen molar-refractivity contribution in [1.82, 2.24) is 15.2 Å². The minimum Gasteiger partial charge on any atom is -0.497 e. The molecular weight excluding hydrogens is 344 g/mol. The van der Waals surface area contributed by atoms with E-state index in [2.05, 4.69) is 15.6 Å². The van der Waals surface area contributed by atoms with Crippen molar-refractivity contribution in [3.63, 3.8) is 0 Å². The van der Waals surface area contributed by atoms with Gasteiger partial charge in [0, 0.05) is 37.9 Å². The zero-order valence-corrected chi connectivity index (χ0v) is 15.4. The summed E-state index contributed by atoms with van der Waals surface area (Å²) in [5, 5.41) is 6.07. The van der Waals surface area contributed by atoms with Crippen LogP contribution in [0.2, 0.25) is 0 Å². The van der Waals surface area contributed by atoms with Crippen LogP contribution in [0.5, 0.6) is 5.75 Å². The van der Waals surface area contributed by atoms with E-state index in [9.17, 15) is 9.59 Å². The number of methoxy groups -OCH3 is 1. The highest BCUT2D eigenvalue weighted by atomic mass is 16.5. The van der Waals surface area contributed by atoms with Crippen LogP contribution in [0.25, 0.3) is 0 Å². The number of hydrogen-bond acceptors (Lipinski definition) is 5. The van der Waals surface area contributed by atoms with Crippen LogP contribution >= 0.6 is 0 Å². The third-order valence-corrected chi connectivity index (χ3v) is 4.56. The fourth-order valence-corrected chi connectivity index (χ4v) is 3.09. The quantitative estimate of drug-likeness (QED) is 0.728. The molecule has 0 saturated carbocycles. The number of hydrogen-bond donors (Lipinski definition) is 2. The summed E-state index contributed by atoms with van der Waals surface area (Å²) in [5.41, 5.74) is 0.579. The molecule has 0 bridgehead atoms. The van der Waals surface area contributed by atoms with Gasteiger partial charge in [0.2, 0.25) is 5.91 Å². The minimum atomic E-state index is -0.172. The standard InChI is InChI=1S/C20H24N4O3/c1-27-17-6-4-5-15(13-17)20(26)24-12-8-16(14-24)19(25)23-11-10-22-18-7-2-3-9-21-18/h2-7,9,13,16H,8,10-12,14H2,1H3,(H,21,22)(H,23,25). The predicted molar refractivity (Wildman–Crippen MR) is 103 cm³/mol. The Kier molecular flexibility index (Phi) is 6.25. The van der Waals surface area contributed by atoms with E-state index in [1.54, 1.807) is 42.5 Å². The van der Waals surface area contributed by atoms with Crippen LogP contribution in [0.1, 0.15) is 16.8 Å². The van der Waals surface area contributed by atoms with Gasteiger partial charge in [0.15, 0.2) is 0 Å². The number of amides is 2. The van der Waals surface area contributed by atoms with Gasteiger partial charge >= 0.3 is 0 Å². The number of ether oxygens (including phenoxy) is 1. The molecule has 1 aromatic heterocycles. The molecule has 1 unspecified atom stereocenters. The molecule has 1 fully saturated rings. The number of pyridine rings is 1. The molecular formula is C20H24N4O3. The third kappa shape index (κ3) is 4.97. The summed E-state index contributed by atoms with van der Waals surface area (Å²) in [5.74, 6) is 1.17. The summed E-state index contributed by atoms with van der Waals surface area (Å²) < 4.78 is 5.17. The average molecular weight is 368 g/mol. The SMILES string of the molecule is COc1cccc(C(=O)N2CCC(C(=O)NCCNc3ccccn3)C2)c1. The maximum absolute atomic E-state index is 12.6. The Labute approximate surface area is 158 Å². The molecule has 2 amide bonds. The summed E-state index contributed by atoms with van der Waals surface area (Å²) in [6, 6.07) is 12.7. The van der Waals surface area contributed by atoms with E-state index in [1.165, 1.54) is 0 Å². The highest BCUT2D eigenvalue weighted by Crippen LogP contribution is 2.21. The third-order valence-electron chi connectivity index (χ3n) is 4.56. The van der Waals surface area contributed by atoms with Gasteiger partial charge in [0.05, 0.1) is 13.0 Å². The lowest BCUT2D eigenvalue weighted by Crippen LogP contribution is -2.36. The van der Waals surface area contributed by atoms with Crippen LogP contribution in [0.3, 0.4) is 0 Å². The molecule has 1 aliphatic heterocycles. The summed E-state index contributed by atoms with van der Waals surface area (Å²) in [7, 11) is 1.57. The molecule has 2 N–H and O–H groups in total. The zero-order valence-electron chi connectivity index (χ0n) is 15.4. The Morgan fingerprint density at radius 3 is 2.89 bits per heavy atom. The van der Waals surface area contributed by atoms with E-state index in [-0.39, 0.29) is 17.7 Å². The first-order chi connectivity index (χ1) is 13.2. The lowest BCUT2D eigenvalue weighted by Gasteiger charge is -2.17. The van der Waals surface area contributed by atoms with Crippen LogP contribution < -0.4 is 15.4 Å². The molecule has 7 heteroatoms. The fraction of sp³-hybridized carbons (Fsp3) is 0.350. The lowest BCUT2D eigenvalue weighted by molar-refractivity contribution is -0.124. The number of likely N-dealkylation sites (tertiary alicyclic amines) is 1. The molecule has 7 nitrogen and oxygen atoms in total. The molecule has 0 radical (unpaired) electrons. The summed E-state index contributed by atoms with van der Waals surface area (Å²) >= 11 is 0. The second kappa shape index (κ2) is 9.02. The largest absolute Gasteiger partial charge is 0.497 e. The topological polar surface area (TPSA) is 83.6 Å². The first-order valence-electron chi connectivity index (χ1n) is 9.03. The second-order valence-electron chi connectivity index (χ2n) is 6.40. The molecule has 2 aromatic rings. The van der Waals surface area contributed by atoms with E-state index < -0.39 is 0 Å². The Morgan fingerprint density at radius 2 is 2.11 bits per heavy atom. The van der Waals surface area contributed by atoms with Crippen molar-refractivity contribution < 1.29 is 14.3 Å². The molecule has 2 heterocycles. The Hall–Kier alpha value is -3.09. The number of nitrogens with one attached hydrogen (secondary N) is 2. The van der Waals surface area contributed by atoms with Gasteiger partial charge < -0.3 is 20.3 Å².